The molecular formula is C14H21OP. The second kappa shape index (κ2) is 5.19. The van der Waals surface area contributed by atoms with Crippen molar-refractivity contribution in [3.05, 3.63) is 23.8 Å². The molecule has 2 unspecified atom stereocenters. The molecule has 1 aliphatic carbocycles. The largest absolute Gasteiger partial charge is 0.493 e. The average molecular weight is 236 g/mol. The van der Waals surface area contributed by atoms with Gasteiger partial charge >= 0.3 is 0 Å². The van der Waals surface area contributed by atoms with Crippen LogP contribution in [0.4, 0.5) is 0 Å². The minimum atomic E-state index is 0.630. The number of hydrogen-bond donors (Lipinski definition) is 0. The predicted octanol–water partition coefficient (Wildman–Crippen LogP) is 3.49. The minimum Gasteiger partial charge on any atom is -0.493 e. The van der Waals surface area contributed by atoms with Gasteiger partial charge in [0, 0.05) is 0 Å². The fourth-order valence-corrected chi connectivity index (χ4v) is 2.35. The van der Waals surface area contributed by atoms with E-state index in [0.717, 1.165) is 18.3 Å². The summed E-state index contributed by atoms with van der Waals surface area (Å²) in [5.41, 5.74) is 1.42. The standard InChI is InChI=1S/C14H21OP/c1-3-10(2)13-7-6-12(8-14(13)16)15-9-11-4-5-11/h6-8,10-11H,3-5,9,16H2,1-2H3. The third kappa shape index (κ3) is 2.98. The van der Waals surface area contributed by atoms with Gasteiger partial charge in [-0.25, -0.2) is 0 Å². The maximum absolute atomic E-state index is 5.77. The quantitative estimate of drug-likeness (QED) is 0.711. The fraction of sp³-hybridized carbons (Fsp3) is 0.571. The lowest BCUT2D eigenvalue weighted by Gasteiger charge is -2.14. The van der Waals surface area contributed by atoms with E-state index >= 15 is 0 Å². The molecule has 88 valence electrons. The zero-order valence-electron chi connectivity index (χ0n) is 10.2. The number of ether oxygens (including phenoxy) is 1. The lowest BCUT2D eigenvalue weighted by atomic mass is 9.98. The molecule has 1 aliphatic rings. The van der Waals surface area contributed by atoms with E-state index in [-0.39, 0.29) is 0 Å². The van der Waals surface area contributed by atoms with Gasteiger partial charge in [-0.1, -0.05) is 19.9 Å². The van der Waals surface area contributed by atoms with E-state index in [1.165, 1.54) is 30.1 Å². The van der Waals surface area contributed by atoms with E-state index in [4.69, 9.17) is 4.74 Å². The summed E-state index contributed by atoms with van der Waals surface area (Å²) in [6.45, 7) is 5.40. The molecule has 0 aliphatic heterocycles. The third-order valence-corrected chi connectivity index (χ3v) is 3.88. The fourth-order valence-electron chi connectivity index (χ4n) is 1.81. The molecule has 0 N–H and O–H groups in total. The first-order chi connectivity index (χ1) is 7.70. The number of benzene rings is 1. The van der Waals surface area contributed by atoms with Gasteiger partial charge < -0.3 is 4.74 Å². The van der Waals surface area contributed by atoms with Crippen molar-refractivity contribution in [2.75, 3.05) is 6.61 Å². The summed E-state index contributed by atoms with van der Waals surface area (Å²) in [6, 6.07) is 6.46. The van der Waals surface area contributed by atoms with Crippen LogP contribution in [0.25, 0.3) is 0 Å². The Morgan fingerprint density at radius 1 is 1.44 bits per heavy atom. The molecule has 0 radical (unpaired) electrons. The highest BCUT2D eigenvalue weighted by atomic mass is 31.0. The van der Waals surface area contributed by atoms with Gasteiger partial charge in [0.25, 0.3) is 0 Å². The van der Waals surface area contributed by atoms with Crippen LogP contribution in [0.15, 0.2) is 18.2 Å². The van der Waals surface area contributed by atoms with E-state index in [1.54, 1.807) is 0 Å². The molecule has 1 fully saturated rings. The van der Waals surface area contributed by atoms with Crippen LogP contribution in [0.2, 0.25) is 0 Å². The Morgan fingerprint density at radius 2 is 2.19 bits per heavy atom. The van der Waals surface area contributed by atoms with Crippen LogP contribution in [0, 0.1) is 5.92 Å². The van der Waals surface area contributed by atoms with Gasteiger partial charge in [-0.3, -0.25) is 0 Å². The van der Waals surface area contributed by atoms with Gasteiger partial charge in [0.2, 0.25) is 0 Å². The summed E-state index contributed by atoms with van der Waals surface area (Å²) in [5, 5.41) is 1.28. The number of hydrogen-bond acceptors (Lipinski definition) is 1. The van der Waals surface area contributed by atoms with Gasteiger partial charge in [-0.15, -0.1) is 9.24 Å². The van der Waals surface area contributed by atoms with Crippen molar-refractivity contribution in [2.24, 2.45) is 5.92 Å². The highest BCUT2D eigenvalue weighted by molar-refractivity contribution is 7.27. The average Bonchev–Trinajstić information content (AvgIpc) is 3.09. The van der Waals surface area contributed by atoms with Crippen molar-refractivity contribution in [2.45, 2.75) is 39.0 Å². The molecule has 2 atom stereocenters. The molecular weight excluding hydrogens is 215 g/mol. The zero-order valence-corrected chi connectivity index (χ0v) is 11.4. The van der Waals surface area contributed by atoms with Crippen molar-refractivity contribution < 1.29 is 4.74 Å². The Morgan fingerprint density at radius 3 is 2.75 bits per heavy atom. The van der Waals surface area contributed by atoms with Crippen molar-refractivity contribution >= 4 is 14.5 Å². The summed E-state index contributed by atoms with van der Waals surface area (Å²) in [4.78, 5) is 0. The summed E-state index contributed by atoms with van der Waals surface area (Å²) in [7, 11) is 2.83. The Balaban J connectivity index is 2.02. The molecule has 1 aromatic carbocycles. The molecule has 0 bridgehead atoms. The molecule has 2 rings (SSSR count). The molecule has 1 nitrogen and oxygen atoms in total. The second-order valence-electron chi connectivity index (χ2n) is 4.85. The first-order valence-corrected chi connectivity index (χ1v) is 6.80. The lowest BCUT2D eigenvalue weighted by Crippen LogP contribution is -2.07. The van der Waals surface area contributed by atoms with E-state index < -0.39 is 0 Å². The van der Waals surface area contributed by atoms with Gasteiger partial charge in [0.15, 0.2) is 0 Å². The summed E-state index contributed by atoms with van der Waals surface area (Å²) in [6.07, 6.45) is 3.88. The normalized spacial score (nSPS) is 17.2. The zero-order chi connectivity index (χ0) is 11.5. The molecule has 2 heteroatoms. The van der Waals surface area contributed by atoms with E-state index in [2.05, 4.69) is 41.3 Å². The maximum Gasteiger partial charge on any atom is 0.119 e. The topological polar surface area (TPSA) is 9.23 Å². The van der Waals surface area contributed by atoms with Crippen molar-refractivity contribution in [1.82, 2.24) is 0 Å². The first kappa shape index (κ1) is 11.9. The summed E-state index contributed by atoms with van der Waals surface area (Å²) in [5.74, 6) is 2.47. The third-order valence-electron chi connectivity index (χ3n) is 3.38. The Bertz CT molecular complexity index is 358. The van der Waals surface area contributed by atoms with Crippen molar-refractivity contribution in [1.29, 1.82) is 0 Å². The molecule has 1 aromatic rings. The van der Waals surface area contributed by atoms with E-state index in [1.807, 2.05) is 0 Å². The predicted molar refractivity (Wildman–Crippen MR) is 72.7 cm³/mol. The van der Waals surface area contributed by atoms with Gasteiger partial charge in [0.05, 0.1) is 6.61 Å². The highest BCUT2D eigenvalue weighted by Crippen LogP contribution is 2.30. The second-order valence-corrected chi connectivity index (χ2v) is 5.48. The smallest absolute Gasteiger partial charge is 0.119 e. The lowest BCUT2D eigenvalue weighted by molar-refractivity contribution is 0.300. The first-order valence-electron chi connectivity index (χ1n) is 6.23. The molecule has 1 saturated carbocycles. The van der Waals surface area contributed by atoms with Crippen LogP contribution in [-0.4, -0.2) is 6.61 Å². The monoisotopic (exact) mass is 236 g/mol. The maximum atomic E-state index is 5.77. The van der Waals surface area contributed by atoms with Gasteiger partial charge in [-0.05, 0) is 54.1 Å². The minimum absolute atomic E-state index is 0.630. The molecule has 0 saturated heterocycles. The molecule has 0 amide bonds. The van der Waals surface area contributed by atoms with Crippen LogP contribution >= 0.6 is 9.24 Å². The Labute approximate surface area is 101 Å². The molecule has 16 heavy (non-hydrogen) atoms. The summed E-state index contributed by atoms with van der Waals surface area (Å²) >= 11 is 0. The van der Waals surface area contributed by atoms with Crippen LogP contribution in [0.5, 0.6) is 5.75 Å². The van der Waals surface area contributed by atoms with Crippen LogP contribution in [0.3, 0.4) is 0 Å². The highest BCUT2D eigenvalue weighted by Gasteiger charge is 2.21. The molecule has 0 aromatic heterocycles. The van der Waals surface area contributed by atoms with E-state index in [9.17, 15) is 0 Å². The van der Waals surface area contributed by atoms with Crippen LogP contribution in [0.1, 0.15) is 44.6 Å². The Hall–Kier alpha value is -0.550. The van der Waals surface area contributed by atoms with Crippen molar-refractivity contribution in [3.8, 4) is 5.75 Å². The van der Waals surface area contributed by atoms with Crippen LogP contribution < -0.4 is 10.0 Å². The van der Waals surface area contributed by atoms with Crippen LogP contribution in [-0.2, 0) is 0 Å². The molecule has 0 heterocycles. The SMILES string of the molecule is CCC(C)c1ccc(OCC2CC2)cc1P. The molecule has 0 spiro atoms. The van der Waals surface area contributed by atoms with Crippen molar-refractivity contribution in [3.63, 3.8) is 0 Å². The number of rotatable bonds is 5. The van der Waals surface area contributed by atoms with E-state index in [0.29, 0.717) is 5.92 Å². The van der Waals surface area contributed by atoms with Gasteiger partial charge in [-0.2, -0.15) is 0 Å². The Kier molecular flexibility index (Phi) is 3.86. The van der Waals surface area contributed by atoms with Gasteiger partial charge in [0.1, 0.15) is 5.75 Å². The summed E-state index contributed by atoms with van der Waals surface area (Å²) < 4.78 is 5.77.